The number of carbonyl (C=O) groups is 2. The van der Waals surface area contributed by atoms with E-state index in [9.17, 15) is 9.59 Å². The summed E-state index contributed by atoms with van der Waals surface area (Å²) < 4.78 is 0. The van der Waals surface area contributed by atoms with E-state index in [1.165, 1.54) is 23.3 Å². The summed E-state index contributed by atoms with van der Waals surface area (Å²) in [7, 11) is 0. The largest absolute Gasteiger partial charge is 0.347 e. The Morgan fingerprint density at radius 2 is 1.72 bits per heavy atom. The molecule has 4 nitrogen and oxygen atoms in total. The van der Waals surface area contributed by atoms with E-state index in [2.05, 4.69) is 28.1 Å². The molecule has 1 fully saturated rings. The zero-order valence-electron chi connectivity index (χ0n) is 14.5. The monoisotopic (exact) mass is 356 g/mol. The van der Waals surface area contributed by atoms with Gasteiger partial charge >= 0.3 is 11.8 Å². The van der Waals surface area contributed by atoms with Crippen LogP contribution < -0.4 is 10.6 Å². The van der Waals surface area contributed by atoms with E-state index >= 15 is 0 Å². The maximum atomic E-state index is 12.2. The lowest BCUT2D eigenvalue weighted by Gasteiger charge is -2.28. The third-order valence-electron chi connectivity index (χ3n) is 4.97. The predicted molar refractivity (Wildman–Crippen MR) is 101 cm³/mol. The first kappa shape index (κ1) is 17.7. The molecular formula is C20H24N2O2S. The number of rotatable bonds is 5. The molecule has 1 aromatic carbocycles. The Morgan fingerprint density at radius 1 is 1.04 bits per heavy atom. The highest BCUT2D eigenvalue weighted by Crippen LogP contribution is 2.42. The van der Waals surface area contributed by atoms with Crippen molar-refractivity contribution in [2.75, 3.05) is 6.54 Å². The quantitative estimate of drug-likeness (QED) is 0.808. The topological polar surface area (TPSA) is 58.2 Å². The highest BCUT2D eigenvalue weighted by molar-refractivity contribution is 7.10. The Bertz CT molecular complexity index is 717. The molecule has 1 saturated carbocycles. The molecule has 25 heavy (non-hydrogen) atoms. The summed E-state index contributed by atoms with van der Waals surface area (Å²) in [5.41, 5.74) is 2.15. The van der Waals surface area contributed by atoms with Gasteiger partial charge in [0.2, 0.25) is 0 Å². The highest BCUT2D eigenvalue weighted by Gasteiger charge is 2.37. The van der Waals surface area contributed by atoms with Crippen molar-refractivity contribution in [1.82, 2.24) is 10.6 Å². The van der Waals surface area contributed by atoms with Gasteiger partial charge in [0, 0.05) is 23.4 Å². The third-order valence-corrected chi connectivity index (χ3v) is 6.09. The lowest BCUT2D eigenvalue weighted by Crippen LogP contribution is -2.45. The second-order valence-corrected chi connectivity index (χ2v) is 7.76. The molecule has 1 aliphatic rings. The van der Waals surface area contributed by atoms with E-state index in [4.69, 9.17) is 0 Å². The minimum atomic E-state index is -0.570. The van der Waals surface area contributed by atoms with Gasteiger partial charge in [0.25, 0.3) is 0 Å². The highest BCUT2D eigenvalue weighted by atomic mass is 32.1. The van der Waals surface area contributed by atoms with Gasteiger partial charge in [-0.25, -0.2) is 0 Å². The van der Waals surface area contributed by atoms with E-state index in [1.54, 1.807) is 11.3 Å². The van der Waals surface area contributed by atoms with Crippen LogP contribution in [-0.4, -0.2) is 18.4 Å². The molecule has 0 atom stereocenters. The van der Waals surface area contributed by atoms with Crippen LogP contribution in [0.15, 0.2) is 41.8 Å². The Kier molecular flexibility index (Phi) is 5.53. The number of carbonyl (C=O) groups excluding carboxylic acids is 2. The Morgan fingerprint density at radius 3 is 2.36 bits per heavy atom. The molecule has 0 radical (unpaired) electrons. The Labute approximate surface area is 152 Å². The minimum absolute atomic E-state index is 0.00106. The summed E-state index contributed by atoms with van der Waals surface area (Å²) >= 11 is 1.74. The van der Waals surface area contributed by atoms with Crippen molar-refractivity contribution in [3.05, 3.63) is 57.8 Å². The van der Waals surface area contributed by atoms with E-state index in [0.717, 1.165) is 18.4 Å². The average molecular weight is 356 g/mol. The van der Waals surface area contributed by atoms with Gasteiger partial charge in [-0.1, -0.05) is 48.7 Å². The van der Waals surface area contributed by atoms with Crippen LogP contribution in [0.4, 0.5) is 0 Å². The zero-order valence-corrected chi connectivity index (χ0v) is 15.3. The number of thiophene rings is 1. The van der Waals surface area contributed by atoms with E-state index in [0.29, 0.717) is 13.1 Å². The molecule has 132 valence electrons. The second kappa shape index (κ2) is 7.83. The van der Waals surface area contributed by atoms with Gasteiger partial charge in [-0.15, -0.1) is 11.3 Å². The van der Waals surface area contributed by atoms with E-state index in [1.807, 2.05) is 31.2 Å². The molecule has 0 aliphatic heterocycles. The Balaban J connectivity index is 1.52. The van der Waals surface area contributed by atoms with Gasteiger partial charge in [-0.05, 0) is 36.8 Å². The summed E-state index contributed by atoms with van der Waals surface area (Å²) in [6, 6.07) is 12.1. The predicted octanol–water partition coefficient (Wildman–Crippen LogP) is 3.30. The van der Waals surface area contributed by atoms with Gasteiger partial charge in [0.1, 0.15) is 0 Å². The lowest BCUT2D eigenvalue weighted by atomic mass is 9.84. The number of amides is 2. The van der Waals surface area contributed by atoms with Crippen molar-refractivity contribution in [2.24, 2.45) is 0 Å². The molecule has 1 heterocycles. The van der Waals surface area contributed by atoms with Crippen LogP contribution in [0.1, 0.15) is 41.7 Å². The van der Waals surface area contributed by atoms with Crippen molar-refractivity contribution in [3.8, 4) is 0 Å². The number of hydrogen-bond donors (Lipinski definition) is 2. The normalized spacial score (nSPS) is 15.7. The molecule has 1 aromatic heterocycles. The molecule has 3 rings (SSSR count). The molecule has 0 spiro atoms. The van der Waals surface area contributed by atoms with Crippen LogP contribution in [0.3, 0.4) is 0 Å². The fraction of sp³-hybridized carbons (Fsp3) is 0.400. The van der Waals surface area contributed by atoms with Crippen molar-refractivity contribution in [2.45, 2.75) is 44.6 Å². The van der Waals surface area contributed by atoms with Crippen LogP contribution in [0, 0.1) is 6.92 Å². The summed E-state index contributed by atoms with van der Waals surface area (Å²) in [6.45, 7) is 2.91. The van der Waals surface area contributed by atoms with Gasteiger partial charge < -0.3 is 10.6 Å². The molecular weight excluding hydrogens is 332 g/mol. The van der Waals surface area contributed by atoms with Crippen molar-refractivity contribution >= 4 is 23.2 Å². The first-order valence-corrected chi connectivity index (χ1v) is 9.63. The summed E-state index contributed by atoms with van der Waals surface area (Å²) in [4.78, 5) is 25.5. The van der Waals surface area contributed by atoms with Gasteiger partial charge in [-0.3, -0.25) is 9.59 Å². The summed E-state index contributed by atoms with van der Waals surface area (Å²) in [5.74, 6) is -1.12. The number of hydrogen-bond acceptors (Lipinski definition) is 3. The van der Waals surface area contributed by atoms with Crippen LogP contribution >= 0.6 is 11.3 Å². The molecule has 0 unspecified atom stereocenters. The van der Waals surface area contributed by atoms with Crippen LogP contribution in [0.25, 0.3) is 0 Å². The lowest BCUT2D eigenvalue weighted by molar-refractivity contribution is -0.139. The Hall–Kier alpha value is -2.14. The van der Waals surface area contributed by atoms with E-state index in [-0.39, 0.29) is 5.41 Å². The van der Waals surface area contributed by atoms with Crippen LogP contribution in [-0.2, 0) is 21.5 Å². The third kappa shape index (κ3) is 4.28. The smallest absolute Gasteiger partial charge is 0.309 e. The summed E-state index contributed by atoms with van der Waals surface area (Å²) in [6.07, 6.45) is 4.48. The number of benzene rings is 1. The standard InChI is InChI=1S/C20H24N2O2S/c1-15-6-8-16(9-7-15)13-21-18(23)19(24)22-14-20(10-2-3-11-20)17-5-4-12-25-17/h4-9,12H,2-3,10-11,13-14H2,1H3,(H,21,23)(H,22,24). The minimum Gasteiger partial charge on any atom is -0.347 e. The van der Waals surface area contributed by atoms with Crippen molar-refractivity contribution < 1.29 is 9.59 Å². The van der Waals surface area contributed by atoms with Crippen molar-refractivity contribution in [3.63, 3.8) is 0 Å². The molecule has 0 bridgehead atoms. The molecule has 0 saturated heterocycles. The molecule has 1 aliphatic carbocycles. The first-order valence-electron chi connectivity index (χ1n) is 8.75. The van der Waals surface area contributed by atoms with Crippen LogP contribution in [0.2, 0.25) is 0 Å². The molecule has 2 amide bonds. The molecule has 2 N–H and O–H groups in total. The second-order valence-electron chi connectivity index (χ2n) is 6.82. The van der Waals surface area contributed by atoms with Crippen LogP contribution in [0.5, 0.6) is 0 Å². The summed E-state index contributed by atoms with van der Waals surface area (Å²) in [5, 5.41) is 7.62. The zero-order chi connectivity index (χ0) is 17.7. The van der Waals surface area contributed by atoms with Gasteiger partial charge in [0.15, 0.2) is 0 Å². The maximum absolute atomic E-state index is 12.2. The fourth-order valence-corrected chi connectivity index (χ4v) is 4.43. The average Bonchev–Trinajstić information content (AvgIpc) is 3.31. The SMILES string of the molecule is Cc1ccc(CNC(=O)C(=O)NCC2(c3cccs3)CCCC2)cc1. The number of aryl methyl sites for hydroxylation is 1. The van der Waals surface area contributed by atoms with Gasteiger partial charge in [0.05, 0.1) is 0 Å². The van der Waals surface area contributed by atoms with E-state index < -0.39 is 11.8 Å². The molecule has 2 aromatic rings. The number of nitrogens with one attached hydrogen (secondary N) is 2. The fourth-order valence-electron chi connectivity index (χ4n) is 3.44. The first-order chi connectivity index (χ1) is 12.1. The maximum Gasteiger partial charge on any atom is 0.309 e. The molecule has 5 heteroatoms. The van der Waals surface area contributed by atoms with Crippen molar-refractivity contribution in [1.29, 1.82) is 0 Å². The van der Waals surface area contributed by atoms with Gasteiger partial charge in [-0.2, -0.15) is 0 Å².